The first-order valence-corrected chi connectivity index (χ1v) is 24.2. The number of aliphatic hydroxyl groups excluding tert-OH is 3. The Labute approximate surface area is 351 Å². The molecule has 1 aliphatic heterocycles. The maximum atomic E-state index is 12.8. The lowest BCUT2D eigenvalue weighted by Gasteiger charge is -2.40. The second-order valence-corrected chi connectivity index (χ2v) is 17.2. The number of ether oxygens (including phenoxy) is 4. The normalized spacial score (nSPS) is 20.7. The van der Waals surface area contributed by atoms with E-state index in [9.17, 15) is 37.9 Å². The van der Waals surface area contributed by atoms with Gasteiger partial charge in [-0.2, -0.15) is 8.42 Å². The Bertz CT molecular complexity index is 1220. The molecule has 13 heteroatoms. The van der Waals surface area contributed by atoms with Crippen molar-refractivity contribution in [1.29, 1.82) is 0 Å². The van der Waals surface area contributed by atoms with Crippen LogP contribution >= 0.6 is 0 Å². The average molecular weight is 845 g/mol. The van der Waals surface area contributed by atoms with Crippen molar-refractivity contribution in [3.8, 4) is 0 Å². The van der Waals surface area contributed by atoms with Gasteiger partial charge in [0.05, 0.1) is 6.61 Å². The summed E-state index contributed by atoms with van der Waals surface area (Å²) in [6.45, 7) is 3.68. The second-order valence-electron chi connectivity index (χ2n) is 15.7. The van der Waals surface area contributed by atoms with Crippen LogP contribution in [0.3, 0.4) is 0 Å². The fraction of sp³-hybridized carbons (Fsp3) is 0.822. The number of hydrogen-bond acceptors (Lipinski definition) is 11. The molecule has 1 heterocycles. The van der Waals surface area contributed by atoms with Crippen LogP contribution in [-0.2, 0) is 38.7 Å². The number of carbonyl (C=O) groups excluding carboxylic acids is 2. The molecule has 1 fully saturated rings. The van der Waals surface area contributed by atoms with Crippen molar-refractivity contribution in [1.82, 2.24) is 0 Å². The van der Waals surface area contributed by atoms with E-state index in [-0.39, 0.29) is 19.4 Å². The zero-order chi connectivity index (χ0) is 42.7. The highest BCUT2D eigenvalue weighted by atomic mass is 32.2. The summed E-state index contributed by atoms with van der Waals surface area (Å²) < 4.78 is 54.0. The molecule has 0 bridgehead atoms. The number of unbranched alkanes of at least 4 members (excludes halogenated alkanes) is 19. The molecular formula is C45H80O12S. The van der Waals surface area contributed by atoms with Gasteiger partial charge in [0.25, 0.3) is 10.1 Å². The molecule has 58 heavy (non-hydrogen) atoms. The molecule has 0 radical (unpaired) electrons. The molecule has 0 aromatic rings. The van der Waals surface area contributed by atoms with E-state index >= 15 is 0 Å². The molecule has 6 atom stereocenters. The topological polar surface area (TPSA) is 186 Å². The van der Waals surface area contributed by atoms with Gasteiger partial charge >= 0.3 is 11.9 Å². The van der Waals surface area contributed by atoms with E-state index in [1.54, 1.807) is 0 Å². The predicted molar refractivity (Wildman–Crippen MR) is 229 cm³/mol. The third kappa shape index (κ3) is 30.0. The van der Waals surface area contributed by atoms with E-state index in [1.807, 2.05) is 0 Å². The van der Waals surface area contributed by atoms with Gasteiger partial charge in [0.15, 0.2) is 12.4 Å². The van der Waals surface area contributed by atoms with Crippen molar-refractivity contribution in [3.05, 3.63) is 36.5 Å². The minimum absolute atomic E-state index is 0.158. The molecule has 1 rings (SSSR count). The summed E-state index contributed by atoms with van der Waals surface area (Å²) in [7, 11) is -4.60. The number of rotatable bonds is 37. The summed E-state index contributed by atoms with van der Waals surface area (Å²) in [5.74, 6) is -2.00. The van der Waals surface area contributed by atoms with Crippen molar-refractivity contribution in [2.24, 2.45) is 0 Å². The van der Waals surface area contributed by atoms with Crippen molar-refractivity contribution in [2.75, 3.05) is 19.0 Å². The van der Waals surface area contributed by atoms with Gasteiger partial charge in [-0.15, -0.1) is 0 Å². The quantitative estimate of drug-likeness (QED) is 0.0202. The van der Waals surface area contributed by atoms with Gasteiger partial charge < -0.3 is 34.3 Å². The molecule has 338 valence electrons. The van der Waals surface area contributed by atoms with Crippen LogP contribution in [-0.4, -0.2) is 96.0 Å². The molecule has 0 aliphatic carbocycles. The smallest absolute Gasteiger partial charge is 0.306 e. The molecule has 1 saturated heterocycles. The maximum Gasteiger partial charge on any atom is 0.306 e. The molecule has 12 nitrogen and oxygen atoms in total. The Morgan fingerprint density at radius 3 is 1.59 bits per heavy atom. The minimum Gasteiger partial charge on any atom is -0.462 e. The first kappa shape index (κ1) is 53.9. The van der Waals surface area contributed by atoms with E-state index in [1.165, 1.54) is 64.2 Å². The van der Waals surface area contributed by atoms with E-state index in [0.29, 0.717) is 12.8 Å². The summed E-state index contributed by atoms with van der Waals surface area (Å²) in [5.41, 5.74) is 0. The Morgan fingerprint density at radius 1 is 0.586 bits per heavy atom. The molecule has 0 saturated carbocycles. The third-order valence-corrected chi connectivity index (χ3v) is 10.9. The number of carbonyl (C=O) groups is 2. The first-order valence-electron chi connectivity index (χ1n) is 22.5. The van der Waals surface area contributed by atoms with Crippen LogP contribution < -0.4 is 0 Å². The highest BCUT2D eigenvalue weighted by Crippen LogP contribution is 2.24. The fourth-order valence-electron chi connectivity index (χ4n) is 6.63. The lowest BCUT2D eigenvalue weighted by molar-refractivity contribution is -0.297. The zero-order valence-electron chi connectivity index (χ0n) is 35.9. The highest BCUT2D eigenvalue weighted by Gasteiger charge is 2.46. The molecule has 1 aliphatic rings. The Hall–Kier alpha value is -2.13. The highest BCUT2D eigenvalue weighted by molar-refractivity contribution is 7.85. The third-order valence-electron chi connectivity index (χ3n) is 10.2. The van der Waals surface area contributed by atoms with Crippen LogP contribution in [0.2, 0.25) is 0 Å². The average Bonchev–Trinajstić information content (AvgIpc) is 3.18. The first-order chi connectivity index (χ1) is 28.0. The number of esters is 2. The van der Waals surface area contributed by atoms with Crippen molar-refractivity contribution >= 4 is 22.1 Å². The largest absolute Gasteiger partial charge is 0.462 e. The van der Waals surface area contributed by atoms with E-state index in [2.05, 4.69) is 50.3 Å². The summed E-state index contributed by atoms with van der Waals surface area (Å²) in [4.78, 5) is 25.3. The SMILES string of the molecule is CCCC/C=C/CCCCCCCC(=O)OC[C@H](CO[C@H]1O[C@H](CS(=O)(=O)O)[C@@H](O)C(O)C1O)OC(=O)CCCCCCCCCCC/C=C/C/C=C/CCCCC. The lowest BCUT2D eigenvalue weighted by atomic mass is 10.00. The molecule has 4 N–H and O–H groups in total. The van der Waals surface area contributed by atoms with E-state index < -0.39 is 71.2 Å². The van der Waals surface area contributed by atoms with Crippen LogP contribution in [0, 0.1) is 0 Å². The summed E-state index contributed by atoms with van der Waals surface area (Å²) in [6.07, 6.45) is 30.5. The van der Waals surface area contributed by atoms with Crippen LogP contribution in [0.1, 0.15) is 181 Å². The summed E-state index contributed by atoms with van der Waals surface area (Å²) in [5, 5.41) is 30.8. The van der Waals surface area contributed by atoms with Gasteiger partial charge in [0, 0.05) is 12.8 Å². The van der Waals surface area contributed by atoms with Crippen molar-refractivity contribution < 1.29 is 56.8 Å². The Balaban J connectivity index is 2.43. The molecule has 2 unspecified atom stereocenters. The van der Waals surface area contributed by atoms with Gasteiger partial charge in [-0.3, -0.25) is 14.1 Å². The zero-order valence-corrected chi connectivity index (χ0v) is 36.7. The van der Waals surface area contributed by atoms with Gasteiger partial charge in [-0.1, -0.05) is 140 Å². The van der Waals surface area contributed by atoms with Gasteiger partial charge in [-0.05, 0) is 64.2 Å². The van der Waals surface area contributed by atoms with E-state index in [4.69, 9.17) is 18.9 Å². The number of allylic oxidation sites excluding steroid dienone is 6. The van der Waals surface area contributed by atoms with Gasteiger partial charge in [0.2, 0.25) is 0 Å². The van der Waals surface area contributed by atoms with Gasteiger partial charge in [-0.25, -0.2) is 0 Å². The molecular weight excluding hydrogens is 765 g/mol. The van der Waals surface area contributed by atoms with Crippen molar-refractivity contribution in [2.45, 2.75) is 218 Å². The lowest BCUT2D eigenvalue weighted by Crippen LogP contribution is -2.60. The Morgan fingerprint density at radius 2 is 1.05 bits per heavy atom. The predicted octanol–water partition coefficient (Wildman–Crippen LogP) is 9.00. The standard InChI is InChI=1S/C45H80O12S/c1-3-5-7-9-11-13-15-16-17-18-19-20-21-22-24-26-28-30-32-34-41(47)56-38(35-54-40(46)33-31-29-27-25-23-14-12-10-8-6-4-2)36-55-45-44(50)43(49)42(48)39(57-45)37-58(51,52)53/h10-13,16-17,38-39,42-45,48-50H,3-9,14-15,18-37H2,1-2H3,(H,51,52,53)/b12-10+,13-11+,17-16+/t38-,39-,42-,43?,44?,45+/m1/s1. The summed E-state index contributed by atoms with van der Waals surface area (Å²) >= 11 is 0. The van der Waals surface area contributed by atoms with E-state index in [0.717, 1.165) is 77.0 Å². The van der Waals surface area contributed by atoms with Crippen LogP contribution in [0.5, 0.6) is 0 Å². The van der Waals surface area contributed by atoms with Crippen LogP contribution in [0.25, 0.3) is 0 Å². The molecule has 0 amide bonds. The fourth-order valence-corrected chi connectivity index (χ4v) is 7.32. The van der Waals surface area contributed by atoms with Crippen LogP contribution in [0.4, 0.5) is 0 Å². The second kappa shape index (κ2) is 35.6. The summed E-state index contributed by atoms with van der Waals surface area (Å²) in [6, 6.07) is 0. The molecule has 0 spiro atoms. The maximum absolute atomic E-state index is 12.8. The monoisotopic (exact) mass is 845 g/mol. The minimum atomic E-state index is -4.60. The van der Waals surface area contributed by atoms with Crippen molar-refractivity contribution in [3.63, 3.8) is 0 Å². The Kier molecular flexibility index (Phi) is 33.1. The van der Waals surface area contributed by atoms with Gasteiger partial charge in [0.1, 0.15) is 36.8 Å². The van der Waals surface area contributed by atoms with Crippen LogP contribution in [0.15, 0.2) is 36.5 Å². The molecule has 0 aromatic carbocycles. The number of aliphatic hydroxyl groups is 3. The molecule has 0 aromatic heterocycles. The number of hydrogen-bond donors (Lipinski definition) is 4.